The Morgan fingerprint density at radius 3 is 2.70 bits per heavy atom. The summed E-state index contributed by atoms with van der Waals surface area (Å²) < 4.78 is 0. The van der Waals surface area contributed by atoms with E-state index in [-0.39, 0.29) is 0 Å². The van der Waals surface area contributed by atoms with Gasteiger partial charge in [-0.25, -0.2) is 0 Å². The molecular formula is C9H16O. The molecular weight excluding hydrogens is 124 g/mol. The van der Waals surface area contributed by atoms with E-state index in [9.17, 15) is 4.79 Å². The van der Waals surface area contributed by atoms with Gasteiger partial charge in [-0.15, -0.1) is 0 Å². The fourth-order valence-corrected chi connectivity index (χ4v) is 1.78. The Morgan fingerprint density at radius 2 is 2.00 bits per heavy atom. The molecule has 1 aliphatic rings. The Hall–Kier alpha value is -0.330. The van der Waals surface area contributed by atoms with Crippen LogP contribution in [0.1, 0.15) is 39.0 Å². The van der Waals surface area contributed by atoms with Gasteiger partial charge in [-0.2, -0.15) is 0 Å². The first kappa shape index (κ1) is 7.77. The van der Waals surface area contributed by atoms with E-state index in [2.05, 4.69) is 6.92 Å². The van der Waals surface area contributed by atoms with Crippen molar-refractivity contribution in [3.8, 4) is 0 Å². The summed E-state index contributed by atoms with van der Waals surface area (Å²) >= 11 is 0. The maximum atomic E-state index is 10.5. The lowest BCUT2D eigenvalue weighted by Crippen LogP contribution is -2.03. The molecule has 0 bridgehead atoms. The van der Waals surface area contributed by atoms with Gasteiger partial charge in [-0.05, 0) is 18.8 Å². The van der Waals surface area contributed by atoms with Crippen LogP contribution in [-0.2, 0) is 4.79 Å². The van der Waals surface area contributed by atoms with Crippen molar-refractivity contribution in [3.63, 3.8) is 0 Å². The molecule has 1 nitrogen and oxygen atoms in total. The Morgan fingerprint density at radius 1 is 1.30 bits per heavy atom. The van der Waals surface area contributed by atoms with Gasteiger partial charge in [0.2, 0.25) is 0 Å². The van der Waals surface area contributed by atoms with Gasteiger partial charge in [0.15, 0.2) is 0 Å². The van der Waals surface area contributed by atoms with Gasteiger partial charge in [0.05, 0.1) is 0 Å². The number of hydrogen-bond donors (Lipinski definition) is 0. The van der Waals surface area contributed by atoms with Gasteiger partial charge in [0, 0.05) is 5.92 Å². The van der Waals surface area contributed by atoms with Crippen LogP contribution in [0, 0.1) is 11.8 Å². The normalized spacial score (nSPS) is 34.9. The van der Waals surface area contributed by atoms with Crippen molar-refractivity contribution >= 4 is 6.29 Å². The molecule has 1 heteroatoms. The Labute approximate surface area is 62.8 Å². The largest absolute Gasteiger partial charge is 0.303 e. The number of carbonyl (C=O) groups excluding carboxylic acids is 1. The molecule has 2 unspecified atom stereocenters. The zero-order valence-electron chi connectivity index (χ0n) is 6.68. The van der Waals surface area contributed by atoms with Gasteiger partial charge in [0.25, 0.3) is 0 Å². The molecule has 0 aromatic heterocycles. The lowest BCUT2D eigenvalue weighted by Gasteiger charge is -2.08. The maximum absolute atomic E-state index is 10.5. The standard InChI is InChI=1S/C9H16O/c1-8-4-2-3-5-9(6-8)7-10/h7-9H,2-6H2,1H3. The topological polar surface area (TPSA) is 17.1 Å². The molecule has 0 saturated heterocycles. The first-order chi connectivity index (χ1) is 4.83. The van der Waals surface area contributed by atoms with Gasteiger partial charge >= 0.3 is 0 Å². The summed E-state index contributed by atoms with van der Waals surface area (Å²) in [6.07, 6.45) is 7.31. The minimum absolute atomic E-state index is 0.373. The summed E-state index contributed by atoms with van der Waals surface area (Å²) in [5.41, 5.74) is 0. The molecule has 0 radical (unpaired) electrons. The predicted molar refractivity (Wildman–Crippen MR) is 41.8 cm³/mol. The van der Waals surface area contributed by atoms with Crippen LogP contribution in [0.4, 0.5) is 0 Å². The average Bonchev–Trinajstić information content (AvgIpc) is 2.13. The summed E-state index contributed by atoms with van der Waals surface area (Å²) in [5.74, 6) is 1.15. The van der Waals surface area contributed by atoms with Crippen LogP contribution < -0.4 is 0 Å². The van der Waals surface area contributed by atoms with Crippen LogP contribution >= 0.6 is 0 Å². The monoisotopic (exact) mass is 140 g/mol. The number of aldehydes is 1. The molecule has 1 rings (SSSR count). The van der Waals surface area contributed by atoms with E-state index < -0.39 is 0 Å². The van der Waals surface area contributed by atoms with E-state index in [1.54, 1.807) is 0 Å². The van der Waals surface area contributed by atoms with Crippen LogP contribution in [0.15, 0.2) is 0 Å². The molecule has 0 aliphatic heterocycles. The van der Waals surface area contributed by atoms with E-state index in [0.717, 1.165) is 25.0 Å². The second kappa shape index (κ2) is 3.75. The third-order valence-corrected chi connectivity index (χ3v) is 2.42. The second-order valence-corrected chi connectivity index (χ2v) is 3.52. The highest BCUT2D eigenvalue weighted by Gasteiger charge is 2.15. The summed E-state index contributed by atoms with van der Waals surface area (Å²) in [4.78, 5) is 10.5. The molecule has 1 fully saturated rings. The molecule has 2 atom stereocenters. The first-order valence-electron chi connectivity index (χ1n) is 4.28. The van der Waals surface area contributed by atoms with Crippen molar-refractivity contribution in [2.75, 3.05) is 0 Å². The van der Waals surface area contributed by atoms with Crippen molar-refractivity contribution < 1.29 is 4.79 Å². The van der Waals surface area contributed by atoms with Crippen molar-refractivity contribution in [2.45, 2.75) is 39.0 Å². The van der Waals surface area contributed by atoms with Gasteiger partial charge < -0.3 is 4.79 Å². The van der Waals surface area contributed by atoms with Crippen LogP contribution in [0.2, 0.25) is 0 Å². The zero-order valence-corrected chi connectivity index (χ0v) is 6.68. The lowest BCUT2D eigenvalue weighted by molar-refractivity contribution is -0.111. The first-order valence-corrected chi connectivity index (χ1v) is 4.28. The minimum Gasteiger partial charge on any atom is -0.303 e. The molecule has 58 valence electrons. The SMILES string of the molecule is CC1CCCCC(C=O)C1. The Bertz CT molecular complexity index is 109. The van der Waals surface area contributed by atoms with Crippen molar-refractivity contribution in [3.05, 3.63) is 0 Å². The third-order valence-electron chi connectivity index (χ3n) is 2.42. The van der Waals surface area contributed by atoms with Crippen molar-refractivity contribution in [2.24, 2.45) is 11.8 Å². The average molecular weight is 140 g/mol. The van der Waals surface area contributed by atoms with E-state index in [4.69, 9.17) is 0 Å². The second-order valence-electron chi connectivity index (χ2n) is 3.52. The smallest absolute Gasteiger partial charge is 0.123 e. The molecule has 0 aromatic carbocycles. The van der Waals surface area contributed by atoms with Gasteiger partial charge in [-0.3, -0.25) is 0 Å². The molecule has 0 amide bonds. The third kappa shape index (κ3) is 2.13. The summed E-state index contributed by atoms with van der Waals surface area (Å²) in [6, 6.07) is 0. The summed E-state index contributed by atoms with van der Waals surface area (Å²) in [7, 11) is 0. The maximum Gasteiger partial charge on any atom is 0.123 e. The molecule has 1 saturated carbocycles. The predicted octanol–water partition coefficient (Wildman–Crippen LogP) is 2.40. The molecule has 1 aliphatic carbocycles. The highest BCUT2D eigenvalue weighted by atomic mass is 16.1. The quantitative estimate of drug-likeness (QED) is 0.404. The van der Waals surface area contributed by atoms with Crippen molar-refractivity contribution in [1.82, 2.24) is 0 Å². The minimum atomic E-state index is 0.373. The molecule has 0 spiro atoms. The van der Waals surface area contributed by atoms with Crippen LogP contribution in [0.5, 0.6) is 0 Å². The van der Waals surface area contributed by atoms with E-state index in [1.807, 2.05) is 0 Å². The number of carbonyl (C=O) groups is 1. The highest BCUT2D eigenvalue weighted by molar-refractivity contribution is 5.53. The Balaban J connectivity index is 2.37. The van der Waals surface area contributed by atoms with Crippen LogP contribution in [0.25, 0.3) is 0 Å². The summed E-state index contributed by atoms with van der Waals surface area (Å²) in [5, 5.41) is 0. The molecule has 0 heterocycles. The lowest BCUT2D eigenvalue weighted by atomic mass is 9.96. The van der Waals surface area contributed by atoms with Gasteiger partial charge in [0.1, 0.15) is 6.29 Å². The highest BCUT2D eigenvalue weighted by Crippen LogP contribution is 2.25. The molecule has 0 aromatic rings. The summed E-state index contributed by atoms with van der Waals surface area (Å²) in [6.45, 7) is 2.25. The fraction of sp³-hybridized carbons (Fsp3) is 0.889. The number of rotatable bonds is 1. The zero-order chi connectivity index (χ0) is 7.40. The van der Waals surface area contributed by atoms with E-state index in [1.165, 1.54) is 19.3 Å². The fourth-order valence-electron chi connectivity index (χ4n) is 1.78. The van der Waals surface area contributed by atoms with Gasteiger partial charge in [-0.1, -0.05) is 26.2 Å². The van der Waals surface area contributed by atoms with Crippen molar-refractivity contribution in [1.29, 1.82) is 0 Å². The van der Waals surface area contributed by atoms with Crippen LogP contribution in [0.3, 0.4) is 0 Å². The molecule has 10 heavy (non-hydrogen) atoms. The van der Waals surface area contributed by atoms with Crippen LogP contribution in [-0.4, -0.2) is 6.29 Å². The van der Waals surface area contributed by atoms with E-state index >= 15 is 0 Å². The molecule has 0 N–H and O–H groups in total. The number of hydrogen-bond acceptors (Lipinski definition) is 1. The van der Waals surface area contributed by atoms with E-state index in [0.29, 0.717) is 5.92 Å². The Kier molecular flexibility index (Phi) is 2.91.